The summed E-state index contributed by atoms with van der Waals surface area (Å²) in [7, 11) is 3.85. The number of anilines is 1. The Labute approximate surface area is 95.9 Å². The van der Waals surface area contributed by atoms with Gasteiger partial charge in [0.1, 0.15) is 0 Å². The van der Waals surface area contributed by atoms with E-state index in [0.717, 1.165) is 5.69 Å². The predicted molar refractivity (Wildman–Crippen MR) is 64.8 cm³/mol. The lowest BCUT2D eigenvalue weighted by molar-refractivity contribution is 0.0924. The first kappa shape index (κ1) is 12.5. The Bertz CT molecular complexity index is 362. The number of benzene rings is 1. The molecule has 0 aromatic heterocycles. The summed E-state index contributed by atoms with van der Waals surface area (Å²) in [6, 6.07) is 7.35. The zero-order valence-electron chi connectivity index (χ0n) is 9.90. The normalized spacial score (nSPS) is 12.0. The SMILES string of the molecule is C[C@H](O)CNC(=O)c1cccc(N(C)C)c1. The number of amides is 1. The summed E-state index contributed by atoms with van der Waals surface area (Å²) in [5.74, 6) is -0.162. The second-order valence-corrected chi connectivity index (χ2v) is 4.00. The molecule has 1 rings (SSSR count). The first-order valence-corrected chi connectivity index (χ1v) is 5.24. The van der Waals surface area contributed by atoms with E-state index >= 15 is 0 Å². The number of nitrogens with one attached hydrogen (secondary N) is 1. The third kappa shape index (κ3) is 3.55. The zero-order valence-corrected chi connectivity index (χ0v) is 9.90. The van der Waals surface area contributed by atoms with Gasteiger partial charge in [0.2, 0.25) is 0 Å². The molecule has 0 heterocycles. The molecule has 4 nitrogen and oxygen atoms in total. The summed E-state index contributed by atoms with van der Waals surface area (Å²) in [5.41, 5.74) is 1.58. The second-order valence-electron chi connectivity index (χ2n) is 4.00. The van der Waals surface area contributed by atoms with E-state index in [1.54, 1.807) is 13.0 Å². The number of carbonyl (C=O) groups excluding carboxylic acids is 1. The number of rotatable bonds is 4. The van der Waals surface area contributed by atoms with Crippen molar-refractivity contribution in [3.63, 3.8) is 0 Å². The lowest BCUT2D eigenvalue weighted by atomic mass is 10.2. The lowest BCUT2D eigenvalue weighted by Gasteiger charge is -2.13. The van der Waals surface area contributed by atoms with Gasteiger partial charge in [0.15, 0.2) is 0 Å². The molecule has 0 radical (unpaired) electrons. The van der Waals surface area contributed by atoms with Crippen molar-refractivity contribution < 1.29 is 9.90 Å². The number of aliphatic hydroxyl groups is 1. The molecule has 0 aliphatic rings. The molecule has 0 aliphatic heterocycles. The summed E-state index contributed by atoms with van der Waals surface area (Å²) >= 11 is 0. The van der Waals surface area contributed by atoms with E-state index in [0.29, 0.717) is 5.56 Å². The summed E-state index contributed by atoms with van der Waals surface area (Å²) in [6.07, 6.45) is -0.527. The van der Waals surface area contributed by atoms with E-state index in [2.05, 4.69) is 5.32 Å². The Morgan fingerprint density at radius 1 is 1.50 bits per heavy atom. The highest BCUT2D eigenvalue weighted by atomic mass is 16.3. The largest absolute Gasteiger partial charge is 0.392 e. The van der Waals surface area contributed by atoms with Gasteiger partial charge in [0.05, 0.1) is 6.10 Å². The molecule has 88 valence electrons. The molecule has 0 unspecified atom stereocenters. The van der Waals surface area contributed by atoms with Gasteiger partial charge in [-0.2, -0.15) is 0 Å². The van der Waals surface area contributed by atoms with Crippen molar-refractivity contribution in [2.75, 3.05) is 25.5 Å². The average molecular weight is 222 g/mol. The van der Waals surface area contributed by atoms with Crippen LogP contribution in [0.4, 0.5) is 5.69 Å². The Balaban J connectivity index is 2.72. The van der Waals surface area contributed by atoms with Crippen LogP contribution < -0.4 is 10.2 Å². The molecule has 0 fully saturated rings. The molecule has 1 amide bonds. The van der Waals surface area contributed by atoms with Crippen LogP contribution >= 0.6 is 0 Å². The van der Waals surface area contributed by atoms with Gasteiger partial charge in [-0.15, -0.1) is 0 Å². The van der Waals surface area contributed by atoms with E-state index in [9.17, 15) is 4.79 Å². The summed E-state index contributed by atoms with van der Waals surface area (Å²) in [6.45, 7) is 1.90. The highest BCUT2D eigenvalue weighted by molar-refractivity contribution is 5.95. The maximum atomic E-state index is 11.7. The van der Waals surface area contributed by atoms with Crippen LogP contribution in [-0.4, -0.2) is 37.8 Å². The molecule has 16 heavy (non-hydrogen) atoms. The molecular weight excluding hydrogens is 204 g/mol. The number of hydrogen-bond acceptors (Lipinski definition) is 3. The first-order valence-electron chi connectivity index (χ1n) is 5.24. The van der Waals surface area contributed by atoms with Crippen molar-refractivity contribution in [1.29, 1.82) is 0 Å². The van der Waals surface area contributed by atoms with Gasteiger partial charge in [0.25, 0.3) is 5.91 Å². The monoisotopic (exact) mass is 222 g/mol. The maximum Gasteiger partial charge on any atom is 0.251 e. The van der Waals surface area contributed by atoms with Crippen LogP contribution in [0.15, 0.2) is 24.3 Å². The van der Waals surface area contributed by atoms with Crippen molar-refractivity contribution in [2.45, 2.75) is 13.0 Å². The van der Waals surface area contributed by atoms with Crippen molar-refractivity contribution >= 4 is 11.6 Å². The molecule has 0 saturated carbocycles. The van der Waals surface area contributed by atoms with Gasteiger partial charge >= 0.3 is 0 Å². The van der Waals surface area contributed by atoms with E-state index in [1.807, 2.05) is 37.2 Å². The number of carbonyl (C=O) groups is 1. The molecule has 2 N–H and O–H groups in total. The molecule has 0 saturated heterocycles. The Morgan fingerprint density at radius 2 is 2.19 bits per heavy atom. The fourth-order valence-electron chi connectivity index (χ4n) is 1.27. The zero-order chi connectivity index (χ0) is 12.1. The van der Waals surface area contributed by atoms with Crippen LogP contribution in [-0.2, 0) is 0 Å². The predicted octanol–water partition coefficient (Wildman–Crippen LogP) is 0.863. The summed E-state index contributed by atoms with van der Waals surface area (Å²) in [4.78, 5) is 13.6. The molecule has 1 atom stereocenters. The number of aliphatic hydroxyl groups excluding tert-OH is 1. The second kappa shape index (κ2) is 5.51. The number of hydrogen-bond donors (Lipinski definition) is 2. The highest BCUT2D eigenvalue weighted by Gasteiger charge is 2.07. The molecule has 4 heteroatoms. The summed E-state index contributed by atoms with van der Waals surface area (Å²) < 4.78 is 0. The smallest absolute Gasteiger partial charge is 0.251 e. The van der Waals surface area contributed by atoms with Crippen LogP contribution in [0.5, 0.6) is 0 Å². The minimum absolute atomic E-state index is 0.162. The van der Waals surface area contributed by atoms with E-state index in [-0.39, 0.29) is 12.5 Å². The van der Waals surface area contributed by atoms with Crippen LogP contribution in [0.1, 0.15) is 17.3 Å². The molecule has 0 bridgehead atoms. The fourth-order valence-corrected chi connectivity index (χ4v) is 1.27. The Morgan fingerprint density at radius 3 is 2.75 bits per heavy atom. The van der Waals surface area contributed by atoms with Crippen LogP contribution in [0.3, 0.4) is 0 Å². The van der Waals surface area contributed by atoms with Crippen molar-refractivity contribution in [3.8, 4) is 0 Å². The van der Waals surface area contributed by atoms with Gasteiger partial charge in [0, 0.05) is 31.9 Å². The Kier molecular flexibility index (Phi) is 4.31. The van der Waals surface area contributed by atoms with Crippen molar-refractivity contribution in [2.24, 2.45) is 0 Å². The van der Waals surface area contributed by atoms with Crippen LogP contribution in [0.2, 0.25) is 0 Å². The van der Waals surface area contributed by atoms with Crippen LogP contribution in [0.25, 0.3) is 0 Å². The molecule has 0 spiro atoms. The van der Waals surface area contributed by atoms with Crippen LogP contribution in [0, 0.1) is 0 Å². The summed E-state index contributed by atoms with van der Waals surface area (Å²) in [5, 5.41) is 11.7. The minimum atomic E-state index is -0.527. The standard InChI is InChI=1S/C12H18N2O2/c1-9(15)8-13-12(16)10-5-4-6-11(7-10)14(2)3/h4-7,9,15H,8H2,1-3H3,(H,13,16)/t9-/m0/s1. The molecule has 1 aromatic rings. The molecular formula is C12H18N2O2. The quantitative estimate of drug-likeness (QED) is 0.794. The highest BCUT2D eigenvalue weighted by Crippen LogP contribution is 2.13. The maximum absolute atomic E-state index is 11.7. The lowest BCUT2D eigenvalue weighted by Crippen LogP contribution is -2.30. The molecule has 0 aliphatic carbocycles. The minimum Gasteiger partial charge on any atom is -0.392 e. The van der Waals surface area contributed by atoms with Crippen molar-refractivity contribution in [1.82, 2.24) is 5.32 Å². The van der Waals surface area contributed by atoms with Gasteiger partial charge in [-0.25, -0.2) is 0 Å². The van der Waals surface area contributed by atoms with E-state index in [4.69, 9.17) is 5.11 Å². The molecule has 1 aromatic carbocycles. The van der Waals surface area contributed by atoms with Gasteiger partial charge < -0.3 is 15.3 Å². The average Bonchev–Trinajstić information content (AvgIpc) is 2.26. The van der Waals surface area contributed by atoms with Gasteiger partial charge in [-0.3, -0.25) is 4.79 Å². The van der Waals surface area contributed by atoms with E-state index < -0.39 is 6.10 Å². The van der Waals surface area contributed by atoms with Gasteiger partial charge in [-0.1, -0.05) is 6.07 Å². The topological polar surface area (TPSA) is 52.6 Å². The van der Waals surface area contributed by atoms with E-state index in [1.165, 1.54) is 0 Å². The first-order chi connectivity index (χ1) is 7.50. The third-order valence-electron chi connectivity index (χ3n) is 2.18. The number of nitrogens with zero attached hydrogens (tertiary/aromatic N) is 1. The van der Waals surface area contributed by atoms with Crippen molar-refractivity contribution in [3.05, 3.63) is 29.8 Å². The van der Waals surface area contributed by atoms with Gasteiger partial charge in [-0.05, 0) is 25.1 Å². The Hall–Kier alpha value is -1.55. The third-order valence-corrected chi connectivity index (χ3v) is 2.18. The fraction of sp³-hybridized carbons (Fsp3) is 0.417.